The van der Waals surface area contributed by atoms with Gasteiger partial charge in [0.05, 0.1) is 38.9 Å². The smallest absolute Gasteiger partial charge is 0.166 e. The Hall–Kier alpha value is -2.07. The van der Waals surface area contributed by atoms with E-state index in [-0.39, 0.29) is 11.6 Å². The number of aromatic nitrogens is 1. The summed E-state index contributed by atoms with van der Waals surface area (Å²) in [7, 11) is -1.93. The quantitative estimate of drug-likeness (QED) is 0.571. The van der Waals surface area contributed by atoms with Gasteiger partial charge in [-0.3, -0.25) is 4.99 Å². The molecule has 1 saturated heterocycles. The Balaban J connectivity index is 1.58. The van der Waals surface area contributed by atoms with Crippen LogP contribution in [0.5, 0.6) is 5.75 Å². The number of hydrogen-bond donors (Lipinski definition) is 2. The molecule has 1 spiro atoms. The van der Waals surface area contributed by atoms with Crippen molar-refractivity contribution in [2.75, 3.05) is 26.1 Å². The average Bonchev–Trinajstić information content (AvgIpc) is 3.36. The summed E-state index contributed by atoms with van der Waals surface area (Å²) >= 11 is 8.07. The average molecular weight is 494 g/mol. The first-order chi connectivity index (χ1) is 15.2. The van der Waals surface area contributed by atoms with Crippen molar-refractivity contribution >= 4 is 49.5 Å². The lowest BCUT2D eigenvalue weighted by molar-refractivity contribution is 0.0875. The molecule has 2 aliphatic rings. The van der Waals surface area contributed by atoms with Crippen LogP contribution in [-0.2, 0) is 20.1 Å². The zero-order chi connectivity index (χ0) is 22.7. The van der Waals surface area contributed by atoms with Crippen LogP contribution in [0.4, 0.5) is 0 Å². The minimum atomic E-state index is -3.56. The van der Waals surface area contributed by atoms with Gasteiger partial charge >= 0.3 is 0 Å². The molecule has 1 aromatic carbocycles. The zero-order valence-corrected chi connectivity index (χ0v) is 20.2. The maximum Gasteiger partial charge on any atom is 0.166 e. The molecule has 0 amide bonds. The molecule has 1 atom stereocenters. The van der Waals surface area contributed by atoms with Gasteiger partial charge in [-0.15, -0.1) is 11.3 Å². The SMILES string of the molecule is COc1cccc2cc(-c3cc(Cl)c(C4(C)CS(=O)(=O)C5(CCOCC5)C(N)=N4)s3)[nH]c12. The Morgan fingerprint density at radius 1 is 1.28 bits per heavy atom. The van der Waals surface area contributed by atoms with E-state index in [9.17, 15) is 8.42 Å². The molecule has 170 valence electrons. The molecule has 1 unspecified atom stereocenters. The van der Waals surface area contributed by atoms with Crippen molar-refractivity contribution in [3.8, 4) is 16.3 Å². The second-order valence-corrected chi connectivity index (χ2v) is 12.3. The van der Waals surface area contributed by atoms with Gasteiger partial charge in [-0.25, -0.2) is 8.42 Å². The Morgan fingerprint density at radius 2 is 2.03 bits per heavy atom. The second-order valence-electron chi connectivity index (χ2n) is 8.53. The number of fused-ring (bicyclic) bond motifs is 1. The molecule has 2 aliphatic heterocycles. The van der Waals surface area contributed by atoms with Crippen LogP contribution >= 0.6 is 22.9 Å². The number of halogens is 1. The van der Waals surface area contributed by atoms with E-state index in [0.29, 0.717) is 36.0 Å². The minimum absolute atomic E-state index is 0.138. The van der Waals surface area contributed by atoms with E-state index in [2.05, 4.69) is 4.98 Å². The number of para-hydroxylation sites is 1. The molecule has 1 fully saturated rings. The topological polar surface area (TPSA) is 107 Å². The minimum Gasteiger partial charge on any atom is -0.495 e. The maximum atomic E-state index is 13.5. The molecule has 0 bridgehead atoms. The van der Waals surface area contributed by atoms with Crippen molar-refractivity contribution in [1.82, 2.24) is 4.98 Å². The van der Waals surface area contributed by atoms with Gasteiger partial charge in [0.1, 0.15) is 21.9 Å². The third-order valence-corrected chi connectivity index (χ3v) is 11.1. The first kappa shape index (κ1) is 21.8. The highest BCUT2D eigenvalue weighted by Crippen LogP contribution is 2.47. The third kappa shape index (κ3) is 3.17. The number of aromatic amines is 1. The third-order valence-electron chi connectivity index (χ3n) is 6.48. The predicted molar refractivity (Wildman–Crippen MR) is 129 cm³/mol. The summed E-state index contributed by atoms with van der Waals surface area (Å²) in [6, 6.07) is 9.71. The van der Waals surface area contributed by atoms with E-state index in [1.165, 1.54) is 11.3 Å². The van der Waals surface area contributed by atoms with Crippen LogP contribution < -0.4 is 10.5 Å². The first-order valence-electron chi connectivity index (χ1n) is 10.3. The van der Waals surface area contributed by atoms with Crippen molar-refractivity contribution in [3.05, 3.63) is 40.2 Å². The van der Waals surface area contributed by atoms with Gasteiger partial charge in [0.25, 0.3) is 0 Å². The van der Waals surface area contributed by atoms with Gasteiger partial charge < -0.3 is 20.2 Å². The Morgan fingerprint density at radius 3 is 2.72 bits per heavy atom. The van der Waals surface area contributed by atoms with Gasteiger partial charge in [-0.05, 0) is 38.0 Å². The van der Waals surface area contributed by atoms with Crippen molar-refractivity contribution in [1.29, 1.82) is 0 Å². The number of nitrogens with one attached hydrogen (secondary N) is 1. The Labute approximate surface area is 195 Å². The van der Waals surface area contributed by atoms with Crippen molar-refractivity contribution in [2.45, 2.75) is 30.1 Å². The highest BCUT2D eigenvalue weighted by molar-refractivity contribution is 7.93. The number of methoxy groups -OCH3 is 1. The molecule has 3 N–H and O–H groups in total. The van der Waals surface area contributed by atoms with Gasteiger partial charge in [-0.2, -0.15) is 0 Å². The summed E-state index contributed by atoms with van der Waals surface area (Å²) in [5.41, 5.74) is 7.07. The molecule has 3 aromatic rings. The summed E-state index contributed by atoms with van der Waals surface area (Å²) < 4.78 is 36.6. The number of H-pyrrole nitrogens is 1. The lowest BCUT2D eigenvalue weighted by atomic mass is 9.95. The molecule has 7 nitrogen and oxygen atoms in total. The van der Waals surface area contributed by atoms with Crippen LogP contribution in [0.1, 0.15) is 24.6 Å². The van der Waals surface area contributed by atoms with Gasteiger partial charge in [0.15, 0.2) is 9.84 Å². The highest BCUT2D eigenvalue weighted by atomic mass is 35.5. The summed E-state index contributed by atoms with van der Waals surface area (Å²) in [4.78, 5) is 9.72. The fourth-order valence-corrected chi connectivity index (χ4v) is 8.83. The first-order valence-corrected chi connectivity index (χ1v) is 13.2. The number of sulfone groups is 1. The molecule has 32 heavy (non-hydrogen) atoms. The van der Waals surface area contributed by atoms with E-state index < -0.39 is 20.1 Å². The standard InChI is InChI=1S/C22H24ClN3O4S2/c1-21(12-32(27,28)22(20(24)26-21)6-8-30-9-7-22)19-14(23)11-17(31-19)15-10-13-4-3-5-16(29-2)18(13)25-15/h3-5,10-11,25H,6-9,12H2,1-2H3,(H2,24,26). The fourth-order valence-electron chi connectivity index (χ4n) is 4.75. The van der Waals surface area contributed by atoms with Gasteiger partial charge in [-0.1, -0.05) is 23.7 Å². The molecule has 0 aliphatic carbocycles. The summed E-state index contributed by atoms with van der Waals surface area (Å²) in [6.07, 6.45) is 0.669. The zero-order valence-electron chi connectivity index (χ0n) is 17.8. The van der Waals surface area contributed by atoms with Crippen LogP contribution in [0.3, 0.4) is 0 Å². The number of rotatable bonds is 3. The number of amidine groups is 1. The van der Waals surface area contributed by atoms with Crippen LogP contribution in [0.15, 0.2) is 35.3 Å². The summed E-state index contributed by atoms with van der Waals surface area (Å²) in [5.74, 6) is 0.776. The maximum absolute atomic E-state index is 13.5. The number of benzene rings is 1. The van der Waals surface area contributed by atoms with Crippen molar-refractivity contribution < 1.29 is 17.9 Å². The molecule has 0 radical (unpaired) electrons. The van der Waals surface area contributed by atoms with Gasteiger partial charge in [0, 0.05) is 18.6 Å². The van der Waals surface area contributed by atoms with Crippen molar-refractivity contribution in [3.63, 3.8) is 0 Å². The monoisotopic (exact) mass is 493 g/mol. The van der Waals surface area contributed by atoms with Crippen molar-refractivity contribution in [2.24, 2.45) is 10.7 Å². The number of hydrogen-bond acceptors (Lipinski definition) is 7. The van der Waals surface area contributed by atoms with E-state index >= 15 is 0 Å². The molecule has 2 aromatic heterocycles. The fraction of sp³-hybridized carbons (Fsp3) is 0.409. The number of nitrogens with two attached hydrogens (primary N) is 1. The van der Waals surface area contributed by atoms with Crippen LogP contribution in [0.2, 0.25) is 5.02 Å². The van der Waals surface area contributed by atoms with E-state index in [4.69, 9.17) is 31.8 Å². The highest BCUT2D eigenvalue weighted by Gasteiger charge is 2.55. The van der Waals surface area contributed by atoms with Crippen LogP contribution in [0.25, 0.3) is 21.5 Å². The second kappa shape index (κ2) is 7.48. The van der Waals surface area contributed by atoms with E-state index in [1.807, 2.05) is 30.3 Å². The lowest BCUT2D eigenvalue weighted by Crippen LogP contribution is -2.60. The summed E-state index contributed by atoms with van der Waals surface area (Å²) in [6.45, 7) is 2.51. The van der Waals surface area contributed by atoms with Crippen LogP contribution in [-0.4, -0.2) is 50.1 Å². The number of thiophene rings is 1. The lowest BCUT2D eigenvalue weighted by Gasteiger charge is -2.43. The Kier molecular flexibility index (Phi) is 5.09. The largest absolute Gasteiger partial charge is 0.495 e. The van der Waals surface area contributed by atoms with E-state index in [1.54, 1.807) is 14.0 Å². The van der Waals surface area contributed by atoms with Gasteiger partial charge in [0.2, 0.25) is 0 Å². The molecular weight excluding hydrogens is 470 g/mol. The normalized spacial score (nSPS) is 24.5. The summed E-state index contributed by atoms with van der Waals surface area (Å²) in [5, 5.41) is 1.49. The number of aliphatic imine (C=N–C) groups is 1. The molecular formula is C22H24ClN3O4S2. The number of ether oxygens (including phenoxy) is 2. The molecule has 0 saturated carbocycles. The molecule has 5 rings (SSSR count). The van der Waals surface area contributed by atoms with E-state index in [0.717, 1.165) is 27.2 Å². The Bertz CT molecular complexity index is 1340. The molecule has 4 heterocycles. The van der Waals surface area contributed by atoms with Crippen LogP contribution in [0, 0.1) is 0 Å². The number of nitrogens with zero attached hydrogens (tertiary/aromatic N) is 1. The molecule has 10 heteroatoms. The predicted octanol–water partition coefficient (Wildman–Crippen LogP) is 4.11.